The van der Waals surface area contributed by atoms with E-state index in [4.69, 9.17) is 5.73 Å². The van der Waals surface area contributed by atoms with Crippen molar-refractivity contribution in [2.24, 2.45) is 0 Å². The van der Waals surface area contributed by atoms with Crippen molar-refractivity contribution >= 4 is 16.3 Å². The largest absolute Gasteiger partial charge is 0.389 e. The van der Waals surface area contributed by atoms with Crippen molar-refractivity contribution in [1.29, 1.82) is 0 Å². The third kappa shape index (κ3) is 2.69. The number of nitrogens with zero attached hydrogens (tertiary/aromatic N) is 1. The standard InChI is InChI=1S/C10H18N2S/c1-4-5-6-8-9(11)13-10(12-8)7(2)3/h7H,4-6,11H2,1-3H3. The van der Waals surface area contributed by atoms with E-state index in [1.54, 1.807) is 11.3 Å². The van der Waals surface area contributed by atoms with E-state index < -0.39 is 0 Å². The first-order chi connectivity index (χ1) is 6.15. The Morgan fingerprint density at radius 3 is 2.62 bits per heavy atom. The van der Waals surface area contributed by atoms with Crippen LogP contribution in [0.3, 0.4) is 0 Å². The molecule has 0 spiro atoms. The van der Waals surface area contributed by atoms with Gasteiger partial charge in [0.25, 0.3) is 0 Å². The molecule has 0 amide bonds. The second-order valence-electron chi connectivity index (χ2n) is 3.62. The Morgan fingerprint density at radius 2 is 2.15 bits per heavy atom. The van der Waals surface area contributed by atoms with Crippen LogP contribution < -0.4 is 5.73 Å². The molecule has 0 fully saturated rings. The van der Waals surface area contributed by atoms with Gasteiger partial charge < -0.3 is 5.73 Å². The van der Waals surface area contributed by atoms with E-state index in [0.717, 1.165) is 17.1 Å². The summed E-state index contributed by atoms with van der Waals surface area (Å²) in [5.41, 5.74) is 6.98. The molecule has 1 aromatic rings. The Balaban J connectivity index is 2.71. The molecular weight excluding hydrogens is 180 g/mol. The van der Waals surface area contributed by atoms with Gasteiger partial charge in [-0.2, -0.15) is 0 Å². The van der Waals surface area contributed by atoms with Crippen molar-refractivity contribution in [3.8, 4) is 0 Å². The van der Waals surface area contributed by atoms with Crippen LogP contribution in [0, 0.1) is 0 Å². The molecule has 0 atom stereocenters. The first-order valence-electron chi connectivity index (χ1n) is 4.90. The SMILES string of the molecule is CCCCc1nc(C(C)C)sc1N. The fourth-order valence-corrected chi connectivity index (χ4v) is 2.04. The molecule has 0 saturated carbocycles. The minimum absolute atomic E-state index is 0.502. The van der Waals surface area contributed by atoms with Gasteiger partial charge >= 0.3 is 0 Å². The van der Waals surface area contributed by atoms with E-state index >= 15 is 0 Å². The average Bonchev–Trinajstić information content (AvgIpc) is 2.44. The first-order valence-corrected chi connectivity index (χ1v) is 5.71. The summed E-state index contributed by atoms with van der Waals surface area (Å²) in [6, 6.07) is 0. The van der Waals surface area contributed by atoms with Gasteiger partial charge in [-0.15, -0.1) is 11.3 Å². The van der Waals surface area contributed by atoms with E-state index in [9.17, 15) is 0 Å². The van der Waals surface area contributed by atoms with Gasteiger partial charge in [0.1, 0.15) is 5.00 Å². The molecular formula is C10H18N2S. The van der Waals surface area contributed by atoms with Crippen molar-refractivity contribution in [3.05, 3.63) is 10.7 Å². The summed E-state index contributed by atoms with van der Waals surface area (Å²) in [4.78, 5) is 4.54. The summed E-state index contributed by atoms with van der Waals surface area (Å²) in [6.45, 7) is 6.50. The molecule has 74 valence electrons. The maximum absolute atomic E-state index is 5.88. The zero-order chi connectivity index (χ0) is 9.84. The summed E-state index contributed by atoms with van der Waals surface area (Å²) in [5.74, 6) is 0.502. The molecule has 0 bridgehead atoms. The zero-order valence-electron chi connectivity index (χ0n) is 8.63. The highest BCUT2D eigenvalue weighted by atomic mass is 32.1. The van der Waals surface area contributed by atoms with E-state index in [-0.39, 0.29) is 0 Å². The predicted octanol–water partition coefficient (Wildman–Crippen LogP) is 3.19. The van der Waals surface area contributed by atoms with Crippen LogP contribution in [-0.2, 0) is 6.42 Å². The monoisotopic (exact) mass is 198 g/mol. The maximum Gasteiger partial charge on any atom is 0.109 e. The Hall–Kier alpha value is -0.570. The molecule has 0 saturated heterocycles. The molecule has 1 rings (SSSR count). The molecule has 0 aliphatic rings. The minimum Gasteiger partial charge on any atom is -0.389 e. The maximum atomic E-state index is 5.88. The lowest BCUT2D eigenvalue weighted by Crippen LogP contribution is -1.92. The molecule has 3 heteroatoms. The Morgan fingerprint density at radius 1 is 1.46 bits per heavy atom. The Labute approximate surface area is 84.2 Å². The van der Waals surface area contributed by atoms with Crippen LogP contribution in [0.25, 0.3) is 0 Å². The van der Waals surface area contributed by atoms with Crippen LogP contribution in [-0.4, -0.2) is 4.98 Å². The van der Waals surface area contributed by atoms with Crippen molar-refractivity contribution in [2.45, 2.75) is 46.0 Å². The Kier molecular flexibility index (Phi) is 3.72. The Bertz CT molecular complexity index is 266. The summed E-state index contributed by atoms with van der Waals surface area (Å²) < 4.78 is 0. The smallest absolute Gasteiger partial charge is 0.109 e. The molecule has 0 unspecified atom stereocenters. The van der Waals surface area contributed by atoms with Gasteiger partial charge in [0.2, 0.25) is 0 Å². The number of aromatic nitrogens is 1. The number of hydrogen-bond donors (Lipinski definition) is 1. The molecule has 0 aromatic carbocycles. The fraction of sp³-hybridized carbons (Fsp3) is 0.700. The van der Waals surface area contributed by atoms with Gasteiger partial charge in [-0.1, -0.05) is 27.2 Å². The summed E-state index contributed by atoms with van der Waals surface area (Å²) >= 11 is 1.64. The second-order valence-corrected chi connectivity index (χ2v) is 4.68. The quantitative estimate of drug-likeness (QED) is 0.807. The van der Waals surface area contributed by atoms with Gasteiger partial charge in [-0.05, 0) is 12.8 Å². The van der Waals surface area contributed by atoms with Crippen molar-refractivity contribution in [1.82, 2.24) is 4.98 Å². The minimum atomic E-state index is 0.502. The van der Waals surface area contributed by atoms with Crippen LogP contribution in [0.5, 0.6) is 0 Å². The summed E-state index contributed by atoms with van der Waals surface area (Å²) in [6.07, 6.45) is 3.42. The number of aryl methyl sites for hydroxylation is 1. The van der Waals surface area contributed by atoms with Crippen molar-refractivity contribution in [3.63, 3.8) is 0 Å². The molecule has 2 nitrogen and oxygen atoms in total. The average molecular weight is 198 g/mol. The third-order valence-electron chi connectivity index (χ3n) is 2.01. The van der Waals surface area contributed by atoms with E-state index in [1.807, 2.05) is 0 Å². The molecule has 1 heterocycles. The fourth-order valence-electron chi connectivity index (χ4n) is 1.15. The number of thiazole rings is 1. The molecule has 13 heavy (non-hydrogen) atoms. The number of nitrogens with two attached hydrogens (primary N) is 1. The number of nitrogen functional groups attached to an aromatic ring is 1. The van der Waals surface area contributed by atoms with Crippen LogP contribution in [0.4, 0.5) is 5.00 Å². The van der Waals surface area contributed by atoms with Gasteiger partial charge in [0.15, 0.2) is 0 Å². The summed E-state index contributed by atoms with van der Waals surface area (Å²) in [7, 11) is 0. The molecule has 0 aliphatic carbocycles. The van der Waals surface area contributed by atoms with Crippen LogP contribution in [0.2, 0.25) is 0 Å². The first kappa shape index (κ1) is 10.5. The number of unbranched alkanes of at least 4 members (excludes halogenated alkanes) is 1. The van der Waals surface area contributed by atoms with Gasteiger partial charge in [-0.3, -0.25) is 0 Å². The van der Waals surface area contributed by atoms with Gasteiger partial charge in [0.05, 0.1) is 10.7 Å². The highest BCUT2D eigenvalue weighted by Gasteiger charge is 2.09. The molecule has 0 radical (unpaired) electrons. The van der Waals surface area contributed by atoms with Crippen molar-refractivity contribution in [2.75, 3.05) is 5.73 Å². The second kappa shape index (κ2) is 4.61. The molecule has 1 aromatic heterocycles. The number of hydrogen-bond acceptors (Lipinski definition) is 3. The normalized spacial score (nSPS) is 11.1. The summed E-state index contributed by atoms with van der Waals surface area (Å²) in [5, 5.41) is 2.08. The molecule has 2 N–H and O–H groups in total. The van der Waals surface area contributed by atoms with Gasteiger partial charge in [-0.25, -0.2) is 4.98 Å². The van der Waals surface area contributed by atoms with Crippen LogP contribution in [0.1, 0.15) is 50.2 Å². The van der Waals surface area contributed by atoms with Gasteiger partial charge in [0, 0.05) is 5.92 Å². The zero-order valence-corrected chi connectivity index (χ0v) is 9.45. The van der Waals surface area contributed by atoms with E-state index in [0.29, 0.717) is 5.92 Å². The molecule has 0 aliphatic heterocycles. The topological polar surface area (TPSA) is 38.9 Å². The third-order valence-corrected chi connectivity index (χ3v) is 3.23. The predicted molar refractivity (Wildman–Crippen MR) is 59.2 cm³/mol. The van der Waals surface area contributed by atoms with Crippen LogP contribution in [0.15, 0.2) is 0 Å². The highest BCUT2D eigenvalue weighted by molar-refractivity contribution is 7.15. The van der Waals surface area contributed by atoms with Crippen LogP contribution >= 0.6 is 11.3 Å². The highest BCUT2D eigenvalue weighted by Crippen LogP contribution is 2.27. The lowest BCUT2D eigenvalue weighted by Gasteiger charge is -1.96. The number of rotatable bonds is 4. The number of anilines is 1. The van der Waals surface area contributed by atoms with E-state index in [1.165, 1.54) is 17.8 Å². The van der Waals surface area contributed by atoms with Crippen molar-refractivity contribution < 1.29 is 0 Å². The van der Waals surface area contributed by atoms with E-state index in [2.05, 4.69) is 25.8 Å². The lowest BCUT2D eigenvalue weighted by atomic mass is 10.2. The lowest BCUT2D eigenvalue weighted by molar-refractivity contribution is 0.769.